The first kappa shape index (κ1) is 17.5. The smallest absolute Gasteiger partial charge is 0.226 e. The van der Waals surface area contributed by atoms with Crippen molar-refractivity contribution >= 4 is 16.9 Å². The van der Waals surface area contributed by atoms with Crippen LogP contribution >= 0.6 is 0 Å². The van der Waals surface area contributed by atoms with Crippen LogP contribution in [0, 0.1) is 5.92 Å². The van der Waals surface area contributed by atoms with E-state index >= 15 is 0 Å². The van der Waals surface area contributed by atoms with Crippen LogP contribution in [0.5, 0.6) is 0 Å². The van der Waals surface area contributed by atoms with Crippen LogP contribution < -0.4 is 5.32 Å². The molecule has 1 aromatic heterocycles. The van der Waals surface area contributed by atoms with Crippen molar-refractivity contribution in [2.45, 2.75) is 57.4 Å². The van der Waals surface area contributed by atoms with Gasteiger partial charge in [-0.1, -0.05) is 36.6 Å². The predicted octanol–water partition coefficient (Wildman–Crippen LogP) is 3.53. The molecule has 0 radical (unpaired) electrons. The quantitative estimate of drug-likeness (QED) is 0.891. The van der Waals surface area contributed by atoms with Gasteiger partial charge >= 0.3 is 0 Å². The summed E-state index contributed by atoms with van der Waals surface area (Å²) in [6, 6.07) is 7.99. The number of piperidine rings is 1. The standard InChI is InChI=1S/C21H29N3O2/c25-21(14-19-18-8-4-5-9-20(18)26-23-19)22-17-10-12-24(13-11-17)15-16-6-2-1-3-7-16/h4-5,8-9,16-17H,1-3,6-7,10-15H2,(H,22,25). The Balaban J connectivity index is 1.23. The lowest BCUT2D eigenvalue weighted by atomic mass is 9.88. The first-order valence-corrected chi connectivity index (χ1v) is 10.1. The number of likely N-dealkylation sites (tertiary alicyclic amines) is 1. The summed E-state index contributed by atoms with van der Waals surface area (Å²) in [5.74, 6) is 0.949. The fourth-order valence-electron chi connectivity index (χ4n) is 4.49. The van der Waals surface area contributed by atoms with E-state index in [0.29, 0.717) is 12.5 Å². The zero-order chi connectivity index (χ0) is 17.8. The van der Waals surface area contributed by atoms with Gasteiger partial charge in [0.2, 0.25) is 5.91 Å². The minimum absolute atomic E-state index is 0.0507. The molecule has 2 aromatic rings. The van der Waals surface area contributed by atoms with Crippen molar-refractivity contribution in [3.05, 3.63) is 30.0 Å². The second-order valence-corrected chi connectivity index (χ2v) is 7.95. The van der Waals surface area contributed by atoms with Crippen LogP contribution in [-0.4, -0.2) is 41.6 Å². The van der Waals surface area contributed by atoms with Crippen LogP contribution in [-0.2, 0) is 11.2 Å². The van der Waals surface area contributed by atoms with Crippen LogP contribution in [0.25, 0.3) is 11.0 Å². The number of fused-ring (bicyclic) bond motifs is 1. The third-order valence-corrected chi connectivity index (χ3v) is 5.97. The minimum atomic E-state index is 0.0507. The van der Waals surface area contributed by atoms with E-state index in [1.165, 1.54) is 38.6 Å². The molecule has 0 unspecified atom stereocenters. The van der Waals surface area contributed by atoms with Crippen molar-refractivity contribution in [2.75, 3.05) is 19.6 Å². The Bertz CT molecular complexity index is 728. The number of para-hydroxylation sites is 1. The Morgan fingerprint density at radius 3 is 2.69 bits per heavy atom. The van der Waals surface area contributed by atoms with E-state index in [4.69, 9.17) is 4.52 Å². The molecule has 0 spiro atoms. The Morgan fingerprint density at radius 2 is 1.88 bits per heavy atom. The normalized spacial score (nSPS) is 20.5. The van der Waals surface area contributed by atoms with Crippen molar-refractivity contribution < 1.29 is 9.32 Å². The number of nitrogens with one attached hydrogen (secondary N) is 1. The predicted molar refractivity (Wildman–Crippen MR) is 102 cm³/mol. The number of hydrogen-bond acceptors (Lipinski definition) is 4. The number of benzene rings is 1. The summed E-state index contributed by atoms with van der Waals surface area (Å²) in [5, 5.41) is 8.20. The number of amides is 1. The third kappa shape index (κ3) is 4.26. The lowest BCUT2D eigenvalue weighted by molar-refractivity contribution is -0.121. The summed E-state index contributed by atoms with van der Waals surface area (Å²) in [7, 11) is 0. The number of rotatable bonds is 5. The Hall–Kier alpha value is -1.88. The van der Waals surface area contributed by atoms with Gasteiger partial charge in [-0.2, -0.15) is 0 Å². The van der Waals surface area contributed by atoms with E-state index in [0.717, 1.165) is 48.5 Å². The van der Waals surface area contributed by atoms with E-state index < -0.39 is 0 Å². The fraction of sp³-hybridized carbons (Fsp3) is 0.619. The third-order valence-electron chi connectivity index (χ3n) is 5.97. The van der Waals surface area contributed by atoms with Crippen LogP contribution in [0.1, 0.15) is 50.6 Å². The molecular formula is C21H29N3O2. The molecule has 1 saturated carbocycles. The Labute approximate surface area is 155 Å². The van der Waals surface area contributed by atoms with Crippen LogP contribution in [0.2, 0.25) is 0 Å². The summed E-state index contributed by atoms with van der Waals surface area (Å²) in [4.78, 5) is 15.0. The zero-order valence-electron chi connectivity index (χ0n) is 15.5. The van der Waals surface area contributed by atoms with E-state index in [2.05, 4.69) is 15.4 Å². The van der Waals surface area contributed by atoms with Crippen molar-refractivity contribution in [1.82, 2.24) is 15.4 Å². The molecule has 2 fully saturated rings. The minimum Gasteiger partial charge on any atom is -0.356 e. The molecule has 1 amide bonds. The molecule has 0 bridgehead atoms. The monoisotopic (exact) mass is 355 g/mol. The SMILES string of the molecule is O=C(Cc1noc2ccccc12)NC1CCN(CC2CCCCC2)CC1. The average molecular weight is 355 g/mol. The molecule has 4 rings (SSSR count). The van der Waals surface area contributed by atoms with Gasteiger partial charge in [0.1, 0.15) is 5.69 Å². The Morgan fingerprint density at radius 1 is 1.12 bits per heavy atom. The van der Waals surface area contributed by atoms with Gasteiger partial charge in [0.25, 0.3) is 0 Å². The molecule has 0 atom stereocenters. The Kier molecular flexibility index (Phi) is 5.54. The average Bonchev–Trinajstić information content (AvgIpc) is 3.07. The molecule has 140 valence electrons. The summed E-state index contributed by atoms with van der Waals surface area (Å²) < 4.78 is 5.29. The van der Waals surface area contributed by atoms with Gasteiger partial charge < -0.3 is 14.7 Å². The largest absolute Gasteiger partial charge is 0.356 e. The number of aromatic nitrogens is 1. The van der Waals surface area contributed by atoms with Gasteiger partial charge in [-0.25, -0.2) is 0 Å². The fourth-order valence-corrected chi connectivity index (χ4v) is 4.49. The molecule has 26 heavy (non-hydrogen) atoms. The molecule has 2 heterocycles. The second-order valence-electron chi connectivity index (χ2n) is 7.95. The first-order chi connectivity index (χ1) is 12.8. The number of hydrogen-bond donors (Lipinski definition) is 1. The highest BCUT2D eigenvalue weighted by Gasteiger charge is 2.24. The van der Waals surface area contributed by atoms with Crippen molar-refractivity contribution in [1.29, 1.82) is 0 Å². The maximum Gasteiger partial charge on any atom is 0.226 e. The maximum absolute atomic E-state index is 12.4. The molecule has 5 nitrogen and oxygen atoms in total. The van der Waals surface area contributed by atoms with Crippen molar-refractivity contribution in [3.63, 3.8) is 0 Å². The van der Waals surface area contributed by atoms with E-state index in [9.17, 15) is 4.79 Å². The lowest BCUT2D eigenvalue weighted by Crippen LogP contribution is -2.46. The van der Waals surface area contributed by atoms with Crippen molar-refractivity contribution in [2.24, 2.45) is 5.92 Å². The van der Waals surface area contributed by atoms with Crippen LogP contribution in [0.4, 0.5) is 0 Å². The van der Waals surface area contributed by atoms with E-state index in [1.54, 1.807) is 0 Å². The summed E-state index contributed by atoms with van der Waals surface area (Å²) >= 11 is 0. The van der Waals surface area contributed by atoms with Crippen LogP contribution in [0.15, 0.2) is 28.8 Å². The van der Waals surface area contributed by atoms with Gasteiger partial charge in [0.15, 0.2) is 5.58 Å². The van der Waals surface area contributed by atoms with Gasteiger partial charge in [-0.05, 0) is 43.7 Å². The summed E-state index contributed by atoms with van der Waals surface area (Å²) in [5.41, 5.74) is 1.47. The highest BCUT2D eigenvalue weighted by Crippen LogP contribution is 2.25. The van der Waals surface area contributed by atoms with Gasteiger partial charge in [0, 0.05) is 31.1 Å². The first-order valence-electron chi connectivity index (χ1n) is 10.1. The van der Waals surface area contributed by atoms with Gasteiger partial charge in [0.05, 0.1) is 6.42 Å². The molecule has 1 N–H and O–H groups in total. The number of nitrogens with zero attached hydrogens (tertiary/aromatic N) is 2. The molecule has 2 aliphatic rings. The molecule has 5 heteroatoms. The summed E-state index contributed by atoms with van der Waals surface area (Å²) in [6.07, 6.45) is 9.45. The van der Waals surface area contributed by atoms with Gasteiger partial charge in [-0.15, -0.1) is 0 Å². The highest BCUT2D eigenvalue weighted by atomic mass is 16.5. The number of carbonyl (C=O) groups excluding carboxylic acids is 1. The molecule has 1 aliphatic heterocycles. The molecule has 1 saturated heterocycles. The molecule has 1 aromatic carbocycles. The highest BCUT2D eigenvalue weighted by molar-refractivity contribution is 5.86. The van der Waals surface area contributed by atoms with E-state index in [1.807, 2.05) is 24.3 Å². The van der Waals surface area contributed by atoms with Gasteiger partial charge in [-0.3, -0.25) is 4.79 Å². The molecule has 1 aliphatic carbocycles. The van der Waals surface area contributed by atoms with Crippen LogP contribution in [0.3, 0.4) is 0 Å². The lowest BCUT2D eigenvalue weighted by Gasteiger charge is -2.35. The van der Waals surface area contributed by atoms with E-state index in [-0.39, 0.29) is 5.91 Å². The molecular weight excluding hydrogens is 326 g/mol. The summed E-state index contributed by atoms with van der Waals surface area (Å²) in [6.45, 7) is 3.47. The topological polar surface area (TPSA) is 58.4 Å². The number of carbonyl (C=O) groups is 1. The second kappa shape index (κ2) is 8.21. The maximum atomic E-state index is 12.4. The van der Waals surface area contributed by atoms with Crippen molar-refractivity contribution in [3.8, 4) is 0 Å². The zero-order valence-corrected chi connectivity index (χ0v) is 15.5.